The van der Waals surface area contributed by atoms with E-state index < -0.39 is 10.0 Å². The van der Waals surface area contributed by atoms with Gasteiger partial charge in [-0.1, -0.05) is 6.07 Å². The quantitative estimate of drug-likeness (QED) is 0.514. The number of carbonyl (C=O) groups is 2. The molecular weight excluding hydrogens is 466 g/mol. The van der Waals surface area contributed by atoms with E-state index in [4.69, 9.17) is 4.74 Å². The number of hydrogen-bond donors (Lipinski definition) is 3. The molecule has 0 unspecified atom stereocenters. The van der Waals surface area contributed by atoms with Gasteiger partial charge in [0.05, 0.1) is 18.6 Å². The van der Waals surface area contributed by atoms with Crippen molar-refractivity contribution in [2.45, 2.75) is 43.4 Å². The minimum Gasteiger partial charge on any atom is -0.497 e. The van der Waals surface area contributed by atoms with E-state index >= 15 is 0 Å². The number of hydrogen-bond acceptors (Lipinski definition) is 5. The van der Waals surface area contributed by atoms with Crippen LogP contribution in [0.3, 0.4) is 0 Å². The van der Waals surface area contributed by atoms with Crippen LogP contribution in [0.2, 0.25) is 0 Å². The fourth-order valence-corrected chi connectivity index (χ4v) is 7.66. The van der Waals surface area contributed by atoms with Gasteiger partial charge < -0.3 is 15.4 Å². The number of anilines is 2. The van der Waals surface area contributed by atoms with Crippen LogP contribution in [-0.2, 0) is 19.6 Å². The van der Waals surface area contributed by atoms with Crippen molar-refractivity contribution in [3.63, 3.8) is 0 Å². The molecule has 0 radical (unpaired) electrons. The summed E-state index contributed by atoms with van der Waals surface area (Å²) in [5.41, 5.74) is 0.431. The normalized spacial score (nSPS) is 26.7. The lowest BCUT2D eigenvalue weighted by molar-refractivity contribution is -0.146. The summed E-state index contributed by atoms with van der Waals surface area (Å²) in [5, 5.41) is 5.55. The van der Waals surface area contributed by atoms with E-state index in [1.54, 1.807) is 36.4 Å². The molecule has 0 atom stereocenters. The molecule has 0 spiro atoms. The van der Waals surface area contributed by atoms with Crippen molar-refractivity contribution >= 4 is 33.2 Å². The highest BCUT2D eigenvalue weighted by molar-refractivity contribution is 7.92. The molecule has 2 amide bonds. The fourth-order valence-electron chi connectivity index (χ4n) is 6.56. The minimum absolute atomic E-state index is 0.00762. The van der Waals surface area contributed by atoms with Gasteiger partial charge >= 0.3 is 0 Å². The van der Waals surface area contributed by atoms with Crippen molar-refractivity contribution in [3.8, 4) is 5.75 Å². The third kappa shape index (κ3) is 5.00. The number of rotatable bonds is 8. The van der Waals surface area contributed by atoms with Crippen LogP contribution < -0.4 is 20.1 Å². The van der Waals surface area contributed by atoms with Gasteiger partial charge in [-0.05, 0) is 98.7 Å². The highest BCUT2D eigenvalue weighted by Gasteiger charge is 2.54. The van der Waals surface area contributed by atoms with E-state index in [0.29, 0.717) is 34.9 Å². The molecule has 0 saturated heterocycles. The Kier molecular flexibility index (Phi) is 6.21. The van der Waals surface area contributed by atoms with Gasteiger partial charge in [0.25, 0.3) is 10.0 Å². The van der Waals surface area contributed by atoms with Crippen molar-refractivity contribution in [2.24, 2.45) is 23.2 Å². The fraction of sp³-hybridized carbons (Fsp3) is 0.462. The van der Waals surface area contributed by atoms with E-state index in [0.717, 1.165) is 19.3 Å². The molecule has 0 heterocycles. The molecule has 3 N–H and O–H groups in total. The molecule has 4 saturated carbocycles. The Hall–Kier alpha value is -3.07. The van der Waals surface area contributed by atoms with Crippen LogP contribution in [-0.4, -0.2) is 33.9 Å². The molecular formula is C26H31N3O5S. The zero-order chi connectivity index (χ0) is 24.6. The summed E-state index contributed by atoms with van der Waals surface area (Å²) >= 11 is 0. The lowest BCUT2D eigenvalue weighted by atomic mass is 9.49. The number of amides is 2. The van der Waals surface area contributed by atoms with Gasteiger partial charge in [-0.3, -0.25) is 14.3 Å². The summed E-state index contributed by atoms with van der Waals surface area (Å²) in [4.78, 5) is 25.6. The maximum atomic E-state index is 13.1. The van der Waals surface area contributed by atoms with Crippen LogP contribution in [0.15, 0.2) is 53.4 Å². The summed E-state index contributed by atoms with van der Waals surface area (Å²) in [7, 11) is -2.32. The minimum atomic E-state index is -3.85. The molecule has 4 fully saturated rings. The number of carbonyl (C=O) groups excluding carboxylic acids is 2. The van der Waals surface area contributed by atoms with E-state index in [-0.39, 0.29) is 28.7 Å². The SMILES string of the molecule is COc1ccc(NS(=O)(=O)c2cccc(NC(=O)CNC(=O)C34CC5CC(CC(C5)C3)C4)c2)cc1. The maximum Gasteiger partial charge on any atom is 0.261 e. The first-order valence-electron chi connectivity index (χ1n) is 12.1. The predicted molar refractivity (Wildman–Crippen MR) is 132 cm³/mol. The van der Waals surface area contributed by atoms with Gasteiger partial charge in [0.2, 0.25) is 11.8 Å². The Balaban J connectivity index is 1.18. The third-order valence-electron chi connectivity index (χ3n) is 7.70. The Morgan fingerprint density at radius 2 is 1.57 bits per heavy atom. The molecule has 186 valence electrons. The number of nitrogens with one attached hydrogen (secondary N) is 3. The molecule has 0 aromatic heterocycles. The second-order valence-electron chi connectivity index (χ2n) is 10.3. The van der Waals surface area contributed by atoms with Gasteiger partial charge in [0.1, 0.15) is 5.75 Å². The van der Waals surface area contributed by atoms with Crippen LogP contribution >= 0.6 is 0 Å². The Labute approximate surface area is 205 Å². The van der Waals surface area contributed by atoms with Gasteiger partial charge in [0, 0.05) is 16.8 Å². The lowest BCUT2D eigenvalue weighted by Gasteiger charge is -2.55. The summed E-state index contributed by atoms with van der Waals surface area (Å²) in [5.74, 6) is 2.17. The monoisotopic (exact) mass is 497 g/mol. The van der Waals surface area contributed by atoms with E-state index in [1.807, 2.05) is 0 Å². The summed E-state index contributed by atoms with van der Waals surface area (Å²) in [6.45, 7) is -0.137. The summed E-state index contributed by atoms with van der Waals surface area (Å²) in [6.07, 6.45) is 6.56. The van der Waals surface area contributed by atoms with E-state index in [9.17, 15) is 18.0 Å². The number of benzene rings is 2. The highest BCUT2D eigenvalue weighted by atomic mass is 32.2. The smallest absolute Gasteiger partial charge is 0.261 e. The molecule has 2 aromatic rings. The van der Waals surface area contributed by atoms with Crippen LogP contribution in [0, 0.1) is 23.2 Å². The maximum absolute atomic E-state index is 13.1. The van der Waals surface area contributed by atoms with Crippen LogP contribution in [0.1, 0.15) is 38.5 Å². The zero-order valence-electron chi connectivity index (χ0n) is 19.8. The largest absolute Gasteiger partial charge is 0.497 e. The van der Waals surface area contributed by atoms with Crippen molar-refractivity contribution in [3.05, 3.63) is 48.5 Å². The number of methoxy groups -OCH3 is 1. The third-order valence-corrected chi connectivity index (χ3v) is 9.08. The Bertz CT molecular complexity index is 1190. The van der Waals surface area contributed by atoms with Crippen molar-refractivity contribution in [1.29, 1.82) is 0 Å². The standard InChI is InChI=1S/C26H31N3O5S/c1-34-22-7-5-20(6-8-22)29-35(32,33)23-4-2-3-21(12-23)28-24(30)16-27-25(31)26-13-17-9-18(14-26)11-19(10-17)15-26/h2-8,12,17-19,29H,9-11,13-16H2,1H3,(H,27,31)(H,28,30). The molecule has 8 nitrogen and oxygen atoms in total. The second-order valence-corrected chi connectivity index (χ2v) is 12.0. The van der Waals surface area contributed by atoms with Gasteiger partial charge in [-0.15, -0.1) is 0 Å². The van der Waals surface area contributed by atoms with Crippen molar-refractivity contribution in [2.75, 3.05) is 23.7 Å². The van der Waals surface area contributed by atoms with Crippen LogP contribution in [0.4, 0.5) is 11.4 Å². The lowest BCUT2D eigenvalue weighted by Crippen LogP contribution is -2.54. The van der Waals surface area contributed by atoms with E-state index in [1.165, 1.54) is 38.5 Å². The molecule has 6 rings (SSSR count). The first kappa shape index (κ1) is 23.7. The molecule has 0 aliphatic heterocycles. The molecule has 2 aromatic carbocycles. The van der Waals surface area contributed by atoms with Gasteiger partial charge in [-0.25, -0.2) is 8.42 Å². The molecule has 4 bridgehead atoms. The Morgan fingerprint density at radius 3 is 2.17 bits per heavy atom. The molecule has 9 heteroatoms. The Morgan fingerprint density at radius 1 is 0.943 bits per heavy atom. The number of ether oxygens (including phenoxy) is 1. The van der Waals surface area contributed by atoms with Crippen molar-refractivity contribution < 1.29 is 22.7 Å². The summed E-state index contributed by atoms with van der Waals surface area (Å²) in [6, 6.07) is 12.6. The average molecular weight is 498 g/mol. The number of sulfonamides is 1. The van der Waals surface area contributed by atoms with Gasteiger partial charge in [-0.2, -0.15) is 0 Å². The second kappa shape index (κ2) is 9.18. The van der Waals surface area contributed by atoms with Gasteiger partial charge in [0.15, 0.2) is 0 Å². The summed E-state index contributed by atoms with van der Waals surface area (Å²) < 4.78 is 33.2. The van der Waals surface area contributed by atoms with Crippen molar-refractivity contribution in [1.82, 2.24) is 5.32 Å². The molecule has 4 aliphatic carbocycles. The van der Waals surface area contributed by atoms with Crippen LogP contribution in [0.5, 0.6) is 5.75 Å². The van der Waals surface area contributed by atoms with Crippen LogP contribution in [0.25, 0.3) is 0 Å². The average Bonchev–Trinajstić information content (AvgIpc) is 2.82. The first-order chi connectivity index (χ1) is 16.7. The highest BCUT2D eigenvalue weighted by Crippen LogP contribution is 2.60. The zero-order valence-corrected chi connectivity index (χ0v) is 20.6. The topological polar surface area (TPSA) is 114 Å². The first-order valence-corrected chi connectivity index (χ1v) is 13.6. The predicted octanol–water partition coefficient (Wildman–Crippen LogP) is 3.77. The molecule has 4 aliphatic rings. The van der Waals surface area contributed by atoms with E-state index in [2.05, 4.69) is 15.4 Å². The molecule has 35 heavy (non-hydrogen) atoms.